The molecule has 4 rings (SSSR count). The second-order valence-electron chi connectivity index (χ2n) is 7.22. The first kappa shape index (κ1) is 20.0. The number of rotatable bonds is 6. The van der Waals surface area contributed by atoms with Crippen LogP contribution in [0.25, 0.3) is 0 Å². The zero-order valence-corrected chi connectivity index (χ0v) is 17.5. The first-order chi connectivity index (χ1) is 14.4. The molecule has 0 aromatic heterocycles. The number of aryl methyl sites for hydroxylation is 2. The van der Waals surface area contributed by atoms with E-state index in [2.05, 4.69) is 0 Å². The third-order valence-corrected chi connectivity index (χ3v) is 6.09. The van der Waals surface area contributed by atoms with Crippen molar-refractivity contribution in [3.8, 4) is 5.75 Å². The number of ether oxygens (including phenoxy) is 1. The molecule has 30 heavy (non-hydrogen) atoms. The Bertz CT molecular complexity index is 1120. The Morgan fingerprint density at radius 2 is 1.87 bits per heavy atom. The van der Waals surface area contributed by atoms with E-state index < -0.39 is 5.97 Å². The van der Waals surface area contributed by atoms with Gasteiger partial charge < -0.3 is 14.7 Å². The number of amides is 1. The molecule has 0 bridgehead atoms. The average molecular weight is 420 g/mol. The van der Waals surface area contributed by atoms with Crippen molar-refractivity contribution in [2.45, 2.75) is 30.2 Å². The highest BCUT2D eigenvalue weighted by atomic mass is 32.2. The first-order valence-electron chi connectivity index (χ1n) is 9.56. The molecule has 1 aliphatic heterocycles. The Morgan fingerprint density at radius 3 is 2.57 bits per heavy atom. The smallest absolute Gasteiger partial charge is 0.341 e. The predicted molar refractivity (Wildman–Crippen MR) is 117 cm³/mol. The third-order valence-electron chi connectivity index (χ3n) is 5.00. The van der Waals surface area contributed by atoms with Gasteiger partial charge in [0.15, 0.2) is 6.61 Å². The van der Waals surface area contributed by atoms with E-state index in [0.717, 1.165) is 37.7 Å². The Morgan fingerprint density at radius 1 is 1.10 bits per heavy atom. The van der Waals surface area contributed by atoms with Gasteiger partial charge >= 0.3 is 5.97 Å². The topological polar surface area (TPSA) is 66.8 Å². The lowest BCUT2D eigenvalue weighted by molar-refractivity contribution is -0.139. The van der Waals surface area contributed by atoms with Gasteiger partial charge in [0.2, 0.25) is 0 Å². The highest BCUT2D eigenvalue weighted by Gasteiger charge is 2.30. The van der Waals surface area contributed by atoms with E-state index in [4.69, 9.17) is 9.84 Å². The van der Waals surface area contributed by atoms with Crippen molar-refractivity contribution in [3.05, 3.63) is 82.9 Å². The number of carboxylic acid groups (broad SMARTS) is 1. The summed E-state index contributed by atoms with van der Waals surface area (Å²) in [4.78, 5) is 27.5. The first-order valence-corrected chi connectivity index (χ1v) is 10.4. The van der Waals surface area contributed by atoms with E-state index in [1.807, 2.05) is 73.3 Å². The van der Waals surface area contributed by atoms with Gasteiger partial charge in [-0.3, -0.25) is 4.79 Å². The molecule has 1 aliphatic rings. The maximum absolute atomic E-state index is 13.0. The number of anilines is 1. The van der Waals surface area contributed by atoms with Gasteiger partial charge in [-0.25, -0.2) is 4.79 Å². The van der Waals surface area contributed by atoms with Crippen LogP contribution in [0, 0.1) is 13.8 Å². The Labute approximate surface area is 179 Å². The van der Waals surface area contributed by atoms with Crippen LogP contribution in [0.2, 0.25) is 0 Å². The summed E-state index contributed by atoms with van der Waals surface area (Å²) in [6.45, 7) is 4.09. The highest BCUT2D eigenvalue weighted by molar-refractivity contribution is 7.99. The van der Waals surface area contributed by atoms with Crippen molar-refractivity contribution in [1.29, 1.82) is 0 Å². The van der Waals surface area contributed by atoms with Gasteiger partial charge in [0.1, 0.15) is 5.75 Å². The molecule has 1 amide bonds. The van der Waals surface area contributed by atoms with Crippen LogP contribution in [0.4, 0.5) is 5.69 Å². The number of nitrogens with zero attached hydrogens (tertiary/aromatic N) is 1. The van der Waals surface area contributed by atoms with Gasteiger partial charge in [-0.1, -0.05) is 35.5 Å². The van der Waals surface area contributed by atoms with Crippen LogP contribution in [0.5, 0.6) is 5.75 Å². The fraction of sp³-hybridized carbons (Fsp3) is 0.167. The van der Waals surface area contributed by atoms with E-state index in [1.165, 1.54) is 0 Å². The number of hydrogen-bond donors (Lipinski definition) is 1. The summed E-state index contributed by atoms with van der Waals surface area (Å²) in [5.74, 6) is -0.429. The maximum Gasteiger partial charge on any atom is 0.341 e. The molecule has 0 atom stereocenters. The van der Waals surface area contributed by atoms with E-state index in [1.54, 1.807) is 17.8 Å². The fourth-order valence-electron chi connectivity index (χ4n) is 3.45. The number of benzene rings is 3. The minimum atomic E-state index is -1.00. The van der Waals surface area contributed by atoms with Crippen LogP contribution in [0.3, 0.4) is 0 Å². The molecule has 3 aromatic carbocycles. The molecule has 0 radical (unpaired) electrons. The summed E-state index contributed by atoms with van der Waals surface area (Å²) in [5, 5.41) is 8.78. The number of carbonyl (C=O) groups excluding carboxylic acids is 1. The molecule has 0 saturated carbocycles. The maximum atomic E-state index is 13.0. The van der Waals surface area contributed by atoms with Crippen LogP contribution in [0.1, 0.15) is 27.0 Å². The summed E-state index contributed by atoms with van der Waals surface area (Å²) >= 11 is 1.59. The van der Waals surface area contributed by atoms with Gasteiger partial charge in [-0.2, -0.15) is 0 Å². The Kier molecular flexibility index (Phi) is 5.50. The number of carboxylic acids is 1. The molecule has 0 aliphatic carbocycles. The lowest BCUT2D eigenvalue weighted by Gasteiger charge is -2.16. The summed E-state index contributed by atoms with van der Waals surface area (Å²) in [6, 6.07) is 19.5. The van der Waals surface area contributed by atoms with E-state index in [9.17, 15) is 9.59 Å². The number of fused-ring (bicyclic) bond motifs is 1. The standard InChI is InChI=1S/C24H21NO4S/c1-15-6-8-17(9-7-15)25-13-20-19(24(25)28)4-3-5-22(20)30-18-10-11-21(16(2)12-18)29-14-23(26)27/h3-12H,13-14H2,1-2H3,(H,26,27). The van der Waals surface area contributed by atoms with Crippen molar-refractivity contribution < 1.29 is 19.4 Å². The van der Waals surface area contributed by atoms with Gasteiger partial charge in [-0.15, -0.1) is 0 Å². The minimum absolute atomic E-state index is 0.0184. The van der Waals surface area contributed by atoms with Crippen LogP contribution >= 0.6 is 11.8 Å². The van der Waals surface area contributed by atoms with Gasteiger partial charge in [0.05, 0.1) is 6.54 Å². The quantitative estimate of drug-likeness (QED) is 0.604. The largest absolute Gasteiger partial charge is 0.482 e. The minimum Gasteiger partial charge on any atom is -0.482 e. The summed E-state index contributed by atoms with van der Waals surface area (Å²) < 4.78 is 5.30. The Balaban J connectivity index is 1.57. The number of carbonyl (C=O) groups is 2. The zero-order valence-electron chi connectivity index (χ0n) is 16.7. The molecule has 0 unspecified atom stereocenters. The Hall–Kier alpha value is -3.25. The highest BCUT2D eigenvalue weighted by Crippen LogP contribution is 2.38. The molecule has 0 spiro atoms. The third kappa shape index (κ3) is 4.04. The van der Waals surface area contributed by atoms with Crippen molar-refractivity contribution >= 4 is 29.3 Å². The van der Waals surface area contributed by atoms with Crippen molar-refractivity contribution in [1.82, 2.24) is 0 Å². The summed E-state index contributed by atoms with van der Waals surface area (Å²) in [5.41, 5.74) is 4.68. The molecule has 1 heterocycles. The molecular weight excluding hydrogens is 398 g/mol. The molecule has 6 heteroatoms. The number of aliphatic carboxylic acids is 1. The van der Waals surface area contributed by atoms with Crippen molar-refractivity contribution in [3.63, 3.8) is 0 Å². The van der Waals surface area contributed by atoms with Gasteiger partial charge in [0, 0.05) is 21.0 Å². The zero-order chi connectivity index (χ0) is 21.3. The summed E-state index contributed by atoms with van der Waals surface area (Å²) in [7, 11) is 0. The lowest BCUT2D eigenvalue weighted by atomic mass is 10.1. The molecule has 152 valence electrons. The molecule has 0 saturated heterocycles. The van der Waals surface area contributed by atoms with Crippen molar-refractivity contribution in [2.75, 3.05) is 11.5 Å². The second kappa shape index (κ2) is 8.24. The molecule has 1 N–H and O–H groups in total. The van der Waals surface area contributed by atoms with Crippen LogP contribution in [-0.4, -0.2) is 23.6 Å². The van der Waals surface area contributed by atoms with E-state index >= 15 is 0 Å². The molecule has 5 nitrogen and oxygen atoms in total. The van der Waals surface area contributed by atoms with Crippen molar-refractivity contribution in [2.24, 2.45) is 0 Å². The molecule has 0 fully saturated rings. The summed E-state index contributed by atoms with van der Waals surface area (Å²) in [6.07, 6.45) is 0. The van der Waals surface area contributed by atoms with E-state index in [-0.39, 0.29) is 12.5 Å². The molecular formula is C24H21NO4S. The fourth-order valence-corrected chi connectivity index (χ4v) is 4.52. The lowest BCUT2D eigenvalue weighted by Crippen LogP contribution is -2.22. The second-order valence-corrected chi connectivity index (χ2v) is 8.34. The normalized spacial score (nSPS) is 12.7. The van der Waals surface area contributed by atoms with Crippen LogP contribution in [-0.2, 0) is 11.3 Å². The van der Waals surface area contributed by atoms with E-state index in [0.29, 0.717) is 12.3 Å². The number of hydrogen-bond acceptors (Lipinski definition) is 4. The monoisotopic (exact) mass is 419 g/mol. The SMILES string of the molecule is Cc1ccc(N2Cc3c(Sc4ccc(OCC(=O)O)c(C)c4)cccc3C2=O)cc1. The molecule has 3 aromatic rings. The van der Waals surface area contributed by atoms with Crippen LogP contribution < -0.4 is 9.64 Å². The van der Waals surface area contributed by atoms with Crippen LogP contribution in [0.15, 0.2) is 70.5 Å². The van der Waals surface area contributed by atoms with Gasteiger partial charge in [-0.05, 0) is 67.4 Å². The predicted octanol–water partition coefficient (Wildman–Crippen LogP) is 5.08. The average Bonchev–Trinajstić information content (AvgIpc) is 3.06. The van der Waals surface area contributed by atoms with Gasteiger partial charge in [0.25, 0.3) is 5.91 Å².